The summed E-state index contributed by atoms with van der Waals surface area (Å²) in [7, 11) is 0. The summed E-state index contributed by atoms with van der Waals surface area (Å²) in [5.41, 5.74) is 5.18. The molecule has 4 aromatic rings. The molecule has 0 saturated carbocycles. The van der Waals surface area contributed by atoms with Crippen LogP contribution < -0.4 is 0 Å². The summed E-state index contributed by atoms with van der Waals surface area (Å²) in [6.45, 7) is 3.91. The van der Waals surface area contributed by atoms with Crippen molar-refractivity contribution >= 4 is 10.9 Å². The molecule has 0 spiro atoms. The van der Waals surface area contributed by atoms with Crippen molar-refractivity contribution in [2.75, 3.05) is 0 Å². The van der Waals surface area contributed by atoms with Crippen molar-refractivity contribution in [3.63, 3.8) is 0 Å². The lowest BCUT2D eigenvalue weighted by Gasteiger charge is -2.20. The van der Waals surface area contributed by atoms with E-state index in [1.165, 1.54) is 0 Å². The Kier molecular flexibility index (Phi) is 4.70. The van der Waals surface area contributed by atoms with Crippen molar-refractivity contribution in [2.24, 2.45) is 0 Å². The summed E-state index contributed by atoms with van der Waals surface area (Å²) in [5, 5.41) is 22.1. The van der Waals surface area contributed by atoms with Crippen LogP contribution in [0.15, 0.2) is 67.0 Å². The number of aryl methyl sites for hydroxylation is 2. The van der Waals surface area contributed by atoms with Crippen LogP contribution in [0.4, 0.5) is 0 Å². The first kappa shape index (κ1) is 18.0. The lowest BCUT2D eigenvalue weighted by molar-refractivity contribution is 0.465. The minimum atomic E-state index is -0.160. The number of phenolic OH excluding ortho intramolecular Hbond substituents is 2. The number of aromatic nitrogens is 2. The van der Waals surface area contributed by atoms with Gasteiger partial charge in [-0.15, -0.1) is 0 Å². The molecule has 0 aliphatic rings. The molecule has 0 radical (unpaired) electrons. The van der Waals surface area contributed by atoms with Crippen LogP contribution in [0.2, 0.25) is 0 Å². The fourth-order valence-electron chi connectivity index (χ4n) is 3.60. The monoisotopic (exact) mass is 370 g/mol. The van der Waals surface area contributed by atoms with Gasteiger partial charge in [-0.25, -0.2) is 0 Å². The molecule has 4 heteroatoms. The molecule has 0 saturated heterocycles. The van der Waals surface area contributed by atoms with Crippen LogP contribution in [0.1, 0.15) is 33.9 Å². The Morgan fingerprint density at radius 1 is 0.893 bits per heavy atom. The van der Waals surface area contributed by atoms with Crippen molar-refractivity contribution < 1.29 is 10.2 Å². The fourth-order valence-corrected chi connectivity index (χ4v) is 3.60. The van der Waals surface area contributed by atoms with Crippen molar-refractivity contribution in [2.45, 2.75) is 26.2 Å². The van der Waals surface area contributed by atoms with Crippen molar-refractivity contribution in [1.82, 2.24) is 9.97 Å². The van der Waals surface area contributed by atoms with Gasteiger partial charge in [-0.3, -0.25) is 9.97 Å². The lowest BCUT2D eigenvalue weighted by Crippen LogP contribution is -2.07. The molecule has 140 valence electrons. The van der Waals surface area contributed by atoms with Crippen LogP contribution in [0.3, 0.4) is 0 Å². The summed E-state index contributed by atoms with van der Waals surface area (Å²) in [5.74, 6) is 0.265. The second kappa shape index (κ2) is 7.31. The molecule has 0 bridgehead atoms. The molecular weight excluding hydrogens is 348 g/mol. The lowest BCUT2D eigenvalue weighted by atomic mass is 9.85. The average Bonchev–Trinajstić information content (AvgIpc) is 2.69. The maximum atomic E-state index is 11.0. The highest BCUT2D eigenvalue weighted by molar-refractivity contribution is 5.85. The van der Waals surface area contributed by atoms with E-state index in [2.05, 4.69) is 16.0 Å². The van der Waals surface area contributed by atoms with Crippen LogP contribution in [0.25, 0.3) is 10.9 Å². The number of aromatic hydroxyl groups is 2. The van der Waals surface area contributed by atoms with Gasteiger partial charge in [0.05, 0.1) is 0 Å². The quantitative estimate of drug-likeness (QED) is 0.529. The van der Waals surface area contributed by atoms with E-state index in [0.29, 0.717) is 11.9 Å². The maximum Gasteiger partial charge on any atom is 0.145 e. The first-order valence-corrected chi connectivity index (χ1v) is 9.30. The molecular formula is C24H22N2O2. The van der Waals surface area contributed by atoms with E-state index in [9.17, 15) is 10.2 Å². The average molecular weight is 370 g/mol. The number of phenols is 2. The molecule has 0 aliphatic heterocycles. The molecule has 4 rings (SSSR count). The largest absolute Gasteiger partial charge is 0.508 e. The molecule has 1 unspecified atom stereocenters. The summed E-state index contributed by atoms with van der Waals surface area (Å²) < 4.78 is 0. The third-order valence-electron chi connectivity index (χ3n) is 5.18. The Bertz CT molecular complexity index is 1150. The van der Waals surface area contributed by atoms with Crippen molar-refractivity contribution in [3.05, 3.63) is 94.9 Å². The third-order valence-corrected chi connectivity index (χ3v) is 5.18. The molecule has 4 nitrogen and oxygen atoms in total. The minimum Gasteiger partial charge on any atom is -0.508 e. The zero-order chi connectivity index (χ0) is 19.7. The zero-order valence-corrected chi connectivity index (χ0v) is 15.9. The molecule has 0 fully saturated rings. The third kappa shape index (κ3) is 3.41. The Balaban J connectivity index is 1.87. The summed E-state index contributed by atoms with van der Waals surface area (Å²) in [6.07, 6.45) is 4.09. The number of benzene rings is 2. The highest BCUT2D eigenvalue weighted by Crippen LogP contribution is 2.38. The van der Waals surface area contributed by atoms with Gasteiger partial charge in [-0.05, 0) is 54.8 Å². The fraction of sp³-hybridized carbons (Fsp3) is 0.167. The van der Waals surface area contributed by atoms with E-state index in [4.69, 9.17) is 0 Å². The predicted octanol–water partition coefficient (Wildman–Crippen LogP) is 5.03. The molecule has 0 aliphatic carbocycles. The van der Waals surface area contributed by atoms with Gasteiger partial charge >= 0.3 is 0 Å². The van der Waals surface area contributed by atoms with Gasteiger partial charge in [0.1, 0.15) is 17.0 Å². The molecule has 2 heterocycles. The van der Waals surface area contributed by atoms with Crippen LogP contribution in [-0.2, 0) is 6.42 Å². The predicted molar refractivity (Wildman–Crippen MR) is 111 cm³/mol. The zero-order valence-electron chi connectivity index (χ0n) is 15.9. The van der Waals surface area contributed by atoms with E-state index < -0.39 is 0 Å². The Hall–Kier alpha value is -3.40. The molecule has 1 atom stereocenters. The van der Waals surface area contributed by atoms with Crippen LogP contribution in [0, 0.1) is 13.8 Å². The van der Waals surface area contributed by atoms with Crippen LogP contribution >= 0.6 is 0 Å². The second-order valence-corrected chi connectivity index (χ2v) is 7.21. The van der Waals surface area contributed by atoms with Gasteiger partial charge in [0.2, 0.25) is 0 Å². The normalized spacial score (nSPS) is 12.2. The van der Waals surface area contributed by atoms with Gasteiger partial charge in [0, 0.05) is 41.4 Å². The van der Waals surface area contributed by atoms with Gasteiger partial charge < -0.3 is 10.2 Å². The second-order valence-electron chi connectivity index (χ2n) is 7.21. The number of pyridine rings is 2. The number of nitrogens with zero attached hydrogens (tertiary/aromatic N) is 2. The Labute approximate surface area is 164 Å². The number of fused-ring (bicyclic) bond motifs is 1. The van der Waals surface area contributed by atoms with E-state index in [-0.39, 0.29) is 17.4 Å². The number of hydrogen-bond acceptors (Lipinski definition) is 4. The first-order chi connectivity index (χ1) is 13.5. The van der Waals surface area contributed by atoms with Crippen molar-refractivity contribution in [1.29, 1.82) is 0 Å². The number of hydrogen-bond donors (Lipinski definition) is 2. The first-order valence-electron chi connectivity index (χ1n) is 9.30. The molecule has 0 amide bonds. The summed E-state index contributed by atoms with van der Waals surface area (Å²) >= 11 is 0. The molecule has 2 N–H and O–H groups in total. The van der Waals surface area contributed by atoms with Gasteiger partial charge in [-0.1, -0.05) is 30.3 Å². The summed E-state index contributed by atoms with van der Waals surface area (Å²) in [6, 6.07) is 17.4. The molecule has 28 heavy (non-hydrogen) atoms. The van der Waals surface area contributed by atoms with E-state index in [1.807, 2.05) is 56.3 Å². The molecule has 2 aromatic carbocycles. The topological polar surface area (TPSA) is 66.2 Å². The standard InChI is InChI=1S/C24H22N2O2/c1-15-9-11-25-19(12-15)14-21(18-6-5-16(2)22(27)13-18)20-8-7-17-4-3-10-26-23(17)24(20)28/h3-13,21,27-28H,14H2,1-2H3. The van der Waals surface area contributed by atoms with Gasteiger partial charge in [0.15, 0.2) is 0 Å². The van der Waals surface area contributed by atoms with E-state index >= 15 is 0 Å². The van der Waals surface area contributed by atoms with Crippen LogP contribution in [0.5, 0.6) is 11.5 Å². The number of rotatable bonds is 4. The van der Waals surface area contributed by atoms with Crippen molar-refractivity contribution in [3.8, 4) is 11.5 Å². The van der Waals surface area contributed by atoms with Gasteiger partial charge in [-0.2, -0.15) is 0 Å². The Morgan fingerprint density at radius 3 is 2.54 bits per heavy atom. The van der Waals surface area contributed by atoms with E-state index in [1.54, 1.807) is 18.5 Å². The SMILES string of the molecule is Cc1ccnc(CC(c2ccc(C)c(O)c2)c2ccc3cccnc3c2O)c1. The molecule has 2 aromatic heterocycles. The Morgan fingerprint density at radius 2 is 1.75 bits per heavy atom. The highest BCUT2D eigenvalue weighted by atomic mass is 16.3. The van der Waals surface area contributed by atoms with Crippen LogP contribution in [-0.4, -0.2) is 20.2 Å². The maximum absolute atomic E-state index is 11.0. The van der Waals surface area contributed by atoms with E-state index in [0.717, 1.165) is 33.3 Å². The summed E-state index contributed by atoms with van der Waals surface area (Å²) in [4.78, 5) is 8.86. The van der Waals surface area contributed by atoms with Gasteiger partial charge in [0.25, 0.3) is 0 Å². The highest BCUT2D eigenvalue weighted by Gasteiger charge is 2.22. The minimum absolute atomic E-state index is 0.160. The smallest absolute Gasteiger partial charge is 0.145 e.